The average molecular weight is 203 g/mol. The maximum absolute atomic E-state index is 12.8. The van der Waals surface area contributed by atoms with E-state index in [1.54, 1.807) is 0 Å². The number of nitrogens with two attached hydrogens (primary N) is 1. The van der Waals surface area contributed by atoms with Crippen molar-refractivity contribution < 1.29 is 23.5 Å². The highest BCUT2D eigenvalue weighted by atomic mass is 19.2. The van der Waals surface area contributed by atoms with Crippen LogP contribution in [-0.4, -0.2) is 11.1 Å². The molecule has 0 atom stereocenters. The Morgan fingerprint density at radius 2 is 2.14 bits per heavy atom. The Bertz CT molecular complexity index is 368. The first-order valence-electron chi connectivity index (χ1n) is 3.59. The van der Waals surface area contributed by atoms with Crippen LogP contribution >= 0.6 is 0 Å². The van der Waals surface area contributed by atoms with Crippen LogP contribution in [0.15, 0.2) is 12.1 Å². The van der Waals surface area contributed by atoms with Crippen molar-refractivity contribution >= 4 is 5.97 Å². The van der Waals surface area contributed by atoms with Crippen LogP contribution in [0.1, 0.15) is 15.9 Å². The number of hydrogen-bond donors (Lipinski definition) is 2. The van der Waals surface area contributed by atoms with Crippen LogP contribution in [0.4, 0.5) is 8.78 Å². The molecule has 1 rings (SSSR count). The Morgan fingerprint density at radius 1 is 1.50 bits per heavy atom. The zero-order valence-electron chi connectivity index (χ0n) is 6.96. The van der Waals surface area contributed by atoms with E-state index < -0.39 is 23.2 Å². The second-order valence-corrected chi connectivity index (χ2v) is 2.56. The highest BCUT2D eigenvalue weighted by Crippen LogP contribution is 2.15. The van der Waals surface area contributed by atoms with Crippen LogP contribution in [0, 0.1) is 11.6 Å². The lowest BCUT2D eigenvalue weighted by molar-refractivity contribution is 0.0689. The van der Waals surface area contributed by atoms with Gasteiger partial charge in [-0.05, 0) is 17.7 Å². The Balaban J connectivity index is 3.21. The largest absolute Gasteiger partial charge is 0.478 e. The van der Waals surface area contributed by atoms with Crippen molar-refractivity contribution in [1.82, 2.24) is 0 Å². The molecule has 0 bridgehead atoms. The summed E-state index contributed by atoms with van der Waals surface area (Å²) in [6.07, 6.45) is 0. The lowest BCUT2D eigenvalue weighted by Gasteiger charge is -2.03. The molecule has 0 fully saturated rings. The van der Waals surface area contributed by atoms with Crippen molar-refractivity contribution in [3.8, 4) is 0 Å². The van der Waals surface area contributed by atoms with Gasteiger partial charge in [0.05, 0.1) is 12.2 Å². The SMILES string of the molecule is NOCc1cc(F)c(F)c(C(=O)O)c1. The van der Waals surface area contributed by atoms with Crippen molar-refractivity contribution in [1.29, 1.82) is 0 Å². The summed E-state index contributed by atoms with van der Waals surface area (Å²) in [5.74, 6) is 0.540. The van der Waals surface area contributed by atoms with E-state index >= 15 is 0 Å². The first-order valence-corrected chi connectivity index (χ1v) is 3.59. The highest BCUT2D eigenvalue weighted by molar-refractivity contribution is 5.88. The van der Waals surface area contributed by atoms with Gasteiger partial charge in [-0.1, -0.05) is 0 Å². The predicted molar refractivity (Wildman–Crippen MR) is 42.3 cm³/mol. The van der Waals surface area contributed by atoms with Crippen LogP contribution in [0.3, 0.4) is 0 Å². The lowest BCUT2D eigenvalue weighted by atomic mass is 10.1. The van der Waals surface area contributed by atoms with Gasteiger partial charge in [0.2, 0.25) is 0 Å². The summed E-state index contributed by atoms with van der Waals surface area (Å²) in [5, 5.41) is 8.50. The number of halogens is 2. The minimum atomic E-state index is -1.54. The van der Waals surface area contributed by atoms with Gasteiger partial charge >= 0.3 is 5.97 Å². The van der Waals surface area contributed by atoms with Crippen molar-refractivity contribution in [2.45, 2.75) is 6.61 Å². The summed E-state index contributed by atoms with van der Waals surface area (Å²) in [6.45, 7) is -0.183. The first kappa shape index (κ1) is 10.6. The molecule has 3 N–H and O–H groups in total. The van der Waals surface area contributed by atoms with Gasteiger partial charge in [0.15, 0.2) is 11.6 Å². The van der Waals surface area contributed by atoms with Crippen molar-refractivity contribution in [2.24, 2.45) is 5.90 Å². The Kier molecular flexibility index (Phi) is 3.10. The van der Waals surface area contributed by atoms with E-state index in [1.165, 1.54) is 0 Å². The molecule has 0 aliphatic rings. The van der Waals surface area contributed by atoms with Crippen LogP contribution in [0.5, 0.6) is 0 Å². The predicted octanol–water partition coefficient (Wildman–Crippen LogP) is 1.05. The second-order valence-electron chi connectivity index (χ2n) is 2.56. The second kappa shape index (κ2) is 4.12. The fourth-order valence-electron chi connectivity index (χ4n) is 0.980. The molecule has 0 spiro atoms. The van der Waals surface area contributed by atoms with Gasteiger partial charge in [-0.3, -0.25) is 4.84 Å². The minimum absolute atomic E-state index is 0.156. The molecule has 0 aliphatic heterocycles. The Morgan fingerprint density at radius 3 is 2.64 bits per heavy atom. The van der Waals surface area contributed by atoms with Gasteiger partial charge in [0, 0.05) is 0 Å². The van der Waals surface area contributed by atoms with Gasteiger partial charge in [-0.15, -0.1) is 0 Å². The topological polar surface area (TPSA) is 72.5 Å². The molecule has 76 valence electrons. The van der Waals surface area contributed by atoms with Crippen LogP contribution in [-0.2, 0) is 11.4 Å². The van der Waals surface area contributed by atoms with Gasteiger partial charge in [-0.25, -0.2) is 19.5 Å². The number of aromatic carboxylic acids is 1. The van der Waals surface area contributed by atoms with Gasteiger partial charge < -0.3 is 5.11 Å². The molecule has 1 aromatic rings. The zero-order valence-corrected chi connectivity index (χ0v) is 6.96. The third-order valence-corrected chi connectivity index (χ3v) is 1.57. The van der Waals surface area contributed by atoms with E-state index in [2.05, 4.69) is 4.84 Å². The maximum atomic E-state index is 12.8. The van der Waals surface area contributed by atoms with Gasteiger partial charge in [-0.2, -0.15) is 0 Å². The molecule has 14 heavy (non-hydrogen) atoms. The molecular weight excluding hydrogens is 196 g/mol. The quantitative estimate of drug-likeness (QED) is 0.720. The van der Waals surface area contributed by atoms with E-state index in [0.717, 1.165) is 12.1 Å². The molecule has 0 saturated heterocycles. The fourth-order valence-corrected chi connectivity index (χ4v) is 0.980. The highest BCUT2D eigenvalue weighted by Gasteiger charge is 2.16. The van der Waals surface area contributed by atoms with Crippen molar-refractivity contribution in [2.75, 3.05) is 0 Å². The summed E-state index contributed by atoms with van der Waals surface area (Å²) in [7, 11) is 0. The average Bonchev–Trinajstić information content (AvgIpc) is 2.11. The number of carboxylic acids is 1. The van der Waals surface area contributed by atoms with Crippen molar-refractivity contribution in [3.63, 3.8) is 0 Å². The summed E-state index contributed by atoms with van der Waals surface area (Å²) in [5.41, 5.74) is -0.583. The van der Waals surface area contributed by atoms with Crippen LogP contribution < -0.4 is 5.90 Å². The van der Waals surface area contributed by atoms with E-state index in [4.69, 9.17) is 11.0 Å². The fraction of sp³-hybridized carbons (Fsp3) is 0.125. The van der Waals surface area contributed by atoms with Gasteiger partial charge in [0.1, 0.15) is 0 Å². The maximum Gasteiger partial charge on any atom is 0.338 e. The number of hydrogen-bond acceptors (Lipinski definition) is 3. The molecule has 0 unspecified atom stereocenters. The molecule has 0 aliphatic carbocycles. The summed E-state index contributed by atoms with van der Waals surface area (Å²) >= 11 is 0. The summed E-state index contributed by atoms with van der Waals surface area (Å²) in [4.78, 5) is 14.6. The smallest absolute Gasteiger partial charge is 0.338 e. The molecule has 0 radical (unpaired) electrons. The van der Waals surface area contributed by atoms with E-state index in [1.807, 2.05) is 0 Å². The molecular formula is C8H7F2NO3. The monoisotopic (exact) mass is 203 g/mol. The van der Waals surface area contributed by atoms with E-state index in [0.29, 0.717) is 0 Å². The van der Waals surface area contributed by atoms with Crippen LogP contribution in [0.25, 0.3) is 0 Å². The molecule has 0 amide bonds. The Labute approximate surface area is 77.9 Å². The molecule has 4 nitrogen and oxygen atoms in total. The third kappa shape index (κ3) is 2.04. The summed E-state index contributed by atoms with van der Waals surface area (Å²) in [6, 6.07) is 1.79. The van der Waals surface area contributed by atoms with Gasteiger partial charge in [0.25, 0.3) is 0 Å². The molecule has 0 saturated carbocycles. The van der Waals surface area contributed by atoms with E-state index in [-0.39, 0.29) is 12.2 Å². The molecule has 6 heteroatoms. The first-order chi connectivity index (χ1) is 6.56. The number of benzene rings is 1. The zero-order chi connectivity index (χ0) is 10.7. The van der Waals surface area contributed by atoms with Crippen LogP contribution in [0.2, 0.25) is 0 Å². The summed E-state index contributed by atoms with van der Waals surface area (Å²) < 4.78 is 25.6. The van der Waals surface area contributed by atoms with E-state index in [9.17, 15) is 13.6 Å². The minimum Gasteiger partial charge on any atom is -0.478 e. The standard InChI is InChI=1S/C8H7F2NO3/c9-6-2-4(3-14-11)1-5(7(6)10)8(12)13/h1-2H,3,11H2,(H,12,13). The molecule has 1 aromatic carbocycles. The number of carboxylic acid groups (broad SMARTS) is 1. The molecule has 0 aromatic heterocycles. The van der Waals surface area contributed by atoms with Crippen molar-refractivity contribution in [3.05, 3.63) is 34.9 Å². The third-order valence-electron chi connectivity index (χ3n) is 1.57. The number of carbonyl (C=O) groups is 1. The Hall–Kier alpha value is -1.53. The lowest BCUT2D eigenvalue weighted by Crippen LogP contribution is -2.06. The molecule has 0 heterocycles. The number of rotatable bonds is 3. The normalized spacial score (nSPS) is 10.2.